The van der Waals surface area contributed by atoms with E-state index in [2.05, 4.69) is 31.0 Å². The van der Waals surface area contributed by atoms with Gasteiger partial charge in [-0.05, 0) is 11.6 Å². The van der Waals surface area contributed by atoms with E-state index in [9.17, 15) is 4.79 Å². The first-order chi connectivity index (χ1) is 12.5. The summed E-state index contributed by atoms with van der Waals surface area (Å²) in [6, 6.07) is 8.00. The van der Waals surface area contributed by atoms with Crippen LogP contribution in [0.2, 0.25) is 5.02 Å². The predicted octanol–water partition coefficient (Wildman–Crippen LogP) is 2.30. The van der Waals surface area contributed by atoms with Gasteiger partial charge in [0.2, 0.25) is 5.91 Å². The average Bonchev–Trinajstić information content (AvgIpc) is 2.89. The minimum atomic E-state index is 0.00360. The summed E-state index contributed by atoms with van der Waals surface area (Å²) < 4.78 is 2.20. The van der Waals surface area contributed by atoms with E-state index in [4.69, 9.17) is 11.6 Å². The van der Waals surface area contributed by atoms with Gasteiger partial charge in [0, 0.05) is 56.5 Å². The number of hydrogen-bond donors (Lipinski definition) is 1. The summed E-state index contributed by atoms with van der Waals surface area (Å²) in [5, 5.41) is 12.4. The second kappa shape index (κ2) is 8.64. The molecule has 0 atom stereocenters. The zero-order valence-electron chi connectivity index (χ0n) is 15.4. The molecule has 2 aromatic rings. The summed E-state index contributed by atoms with van der Waals surface area (Å²) in [6.07, 6.45) is 1.58. The van der Waals surface area contributed by atoms with Crippen LogP contribution in [0.25, 0.3) is 0 Å². The second-order valence-electron chi connectivity index (χ2n) is 7.00. The highest BCUT2D eigenvalue weighted by molar-refractivity contribution is 6.31. The van der Waals surface area contributed by atoms with Gasteiger partial charge in [0.05, 0.1) is 0 Å². The molecule has 2 heterocycles. The Balaban J connectivity index is 1.57. The Labute approximate surface area is 159 Å². The van der Waals surface area contributed by atoms with Crippen LogP contribution in [0.1, 0.15) is 31.1 Å². The van der Waals surface area contributed by atoms with Gasteiger partial charge in [0.1, 0.15) is 11.6 Å². The number of amides is 1. The van der Waals surface area contributed by atoms with Gasteiger partial charge >= 0.3 is 0 Å². The van der Waals surface area contributed by atoms with Crippen molar-refractivity contribution in [1.29, 1.82) is 0 Å². The highest BCUT2D eigenvalue weighted by atomic mass is 35.5. The number of nitrogens with zero attached hydrogens (tertiary/aromatic N) is 4. The zero-order chi connectivity index (χ0) is 18.5. The molecule has 0 spiro atoms. The van der Waals surface area contributed by atoms with Crippen molar-refractivity contribution in [2.45, 2.75) is 39.8 Å². The number of rotatable bonds is 6. The maximum atomic E-state index is 11.7. The quantitative estimate of drug-likeness (QED) is 0.841. The fourth-order valence-corrected chi connectivity index (χ4v) is 3.33. The molecule has 1 aromatic carbocycles. The molecule has 1 aliphatic heterocycles. The Morgan fingerprint density at radius 3 is 2.81 bits per heavy atom. The second-order valence-corrected chi connectivity index (χ2v) is 7.40. The molecule has 1 amide bonds. The molecule has 1 N–H and O–H groups in total. The van der Waals surface area contributed by atoms with Gasteiger partial charge in [-0.2, -0.15) is 0 Å². The molecular weight excluding hydrogens is 350 g/mol. The molecule has 1 aromatic heterocycles. The van der Waals surface area contributed by atoms with Crippen LogP contribution in [0, 0.1) is 5.92 Å². The van der Waals surface area contributed by atoms with E-state index in [1.165, 1.54) is 0 Å². The van der Waals surface area contributed by atoms with E-state index in [1.54, 1.807) is 0 Å². The van der Waals surface area contributed by atoms with E-state index in [0.29, 0.717) is 13.0 Å². The van der Waals surface area contributed by atoms with Gasteiger partial charge in [0.25, 0.3) is 0 Å². The Kier molecular flexibility index (Phi) is 6.27. The lowest BCUT2D eigenvalue weighted by molar-refractivity contribution is -0.123. The van der Waals surface area contributed by atoms with Gasteiger partial charge in [-0.1, -0.05) is 43.6 Å². The number of fused-ring (bicyclic) bond motifs is 1. The van der Waals surface area contributed by atoms with Crippen LogP contribution >= 0.6 is 11.6 Å². The van der Waals surface area contributed by atoms with Gasteiger partial charge in [0.15, 0.2) is 0 Å². The number of nitrogens with one attached hydrogen (secondary N) is 1. The number of carbonyl (C=O) groups excluding carboxylic acids is 1. The number of halogens is 1. The minimum absolute atomic E-state index is 0.00360. The van der Waals surface area contributed by atoms with Crippen LogP contribution in [0.3, 0.4) is 0 Å². The third-order valence-electron chi connectivity index (χ3n) is 4.72. The van der Waals surface area contributed by atoms with Crippen molar-refractivity contribution in [2.24, 2.45) is 5.92 Å². The van der Waals surface area contributed by atoms with E-state index in [-0.39, 0.29) is 11.8 Å². The van der Waals surface area contributed by atoms with Crippen LogP contribution in [0.4, 0.5) is 0 Å². The SMILES string of the molecule is CC(C)C(=O)NCCc1nnc2n1CCN(Cc1ccccc1Cl)CC2. The van der Waals surface area contributed by atoms with Crippen molar-refractivity contribution in [3.63, 3.8) is 0 Å². The standard InChI is InChI=1S/C19H26ClN5O/c1-14(2)19(26)21-9-7-17-22-23-18-8-10-24(11-12-25(17)18)13-15-5-3-4-6-16(15)20/h3-6,14H,7-13H2,1-2H3,(H,21,26). The Morgan fingerprint density at radius 1 is 1.23 bits per heavy atom. The number of hydrogen-bond acceptors (Lipinski definition) is 4. The molecule has 0 radical (unpaired) electrons. The molecule has 0 saturated carbocycles. The van der Waals surface area contributed by atoms with Gasteiger partial charge < -0.3 is 9.88 Å². The molecule has 7 heteroatoms. The minimum Gasteiger partial charge on any atom is -0.355 e. The Bertz CT molecular complexity index is 758. The summed E-state index contributed by atoms with van der Waals surface area (Å²) in [7, 11) is 0. The van der Waals surface area contributed by atoms with Crippen LogP contribution in [-0.2, 0) is 30.7 Å². The zero-order valence-corrected chi connectivity index (χ0v) is 16.2. The first kappa shape index (κ1) is 18.9. The molecule has 0 fully saturated rings. The van der Waals surface area contributed by atoms with E-state index in [0.717, 1.165) is 54.8 Å². The van der Waals surface area contributed by atoms with Gasteiger partial charge in [-0.15, -0.1) is 10.2 Å². The number of carbonyl (C=O) groups is 1. The molecular formula is C19H26ClN5O. The maximum Gasteiger partial charge on any atom is 0.222 e. The summed E-state index contributed by atoms with van der Waals surface area (Å²) in [5.41, 5.74) is 1.16. The predicted molar refractivity (Wildman–Crippen MR) is 102 cm³/mol. The molecule has 140 valence electrons. The van der Waals surface area contributed by atoms with Crippen molar-refractivity contribution in [2.75, 3.05) is 19.6 Å². The normalized spacial score (nSPS) is 14.9. The first-order valence-corrected chi connectivity index (χ1v) is 9.57. The van der Waals surface area contributed by atoms with Crippen molar-refractivity contribution in [1.82, 2.24) is 25.0 Å². The Morgan fingerprint density at radius 2 is 2.04 bits per heavy atom. The monoisotopic (exact) mass is 375 g/mol. The molecule has 6 nitrogen and oxygen atoms in total. The van der Waals surface area contributed by atoms with Crippen molar-refractivity contribution >= 4 is 17.5 Å². The van der Waals surface area contributed by atoms with E-state index < -0.39 is 0 Å². The molecule has 0 aliphatic carbocycles. The first-order valence-electron chi connectivity index (χ1n) is 9.19. The molecule has 0 unspecified atom stereocenters. The number of benzene rings is 1. The van der Waals surface area contributed by atoms with Crippen molar-refractivity contribution in [3.05, 3.63) is 46.5 Å². The maximum absolute atomic E-state index is 11.7. The summed E-state index contributed by atoms with van der Waals surface area (Å²) in [6.45, 7) is 7.96. The third kappa shape index (κ3) is 4.62. The molecule has 1 aliphatic rings. The highest BCUT2D eigenvalue weighted by Gasteiger charge is 2.19. The summed E-state index contributed by atoms with van der Waals surface area (Å²) in [5.74, 6) is 2.05. The lowest BCUT2D eigenvalue weighted by Gasteiger charge is -2.20. The molecule has 0 saturated heterocycles. The van der Waals surface area contributed by atoms with Crippen LogP contribution in [-0.4, -0.2) is 45.2 Å². The smallest absolute Gasteiger partial charge is 0.222 e. The molecule has 26 heavy (non-hydrogen) atoms. The van der Waals surface area contributed by atoms with Crippen molar-refractivity contribution < 1.29 is 4.79 Å². The lowest BCUT2D eigenvalue weighted by Crippen LogP contribution is -2.30. The van der Waals surface area contributed by atoms with Crippen molar-refractivity contribution in [3.8, 4) is 0 Å². The lowest BCUT2D eigenvalue weighted by atomic mass is 10.2. The largest absolute Gasteiger partial charge is 0.355 e. The average molecular weight is 376 g/mol. The molecule has 0 bridgehead atoms. The van der Waals surface area contributed by atoms with E-state index in [1.807, 2.05) is 32.0 Å². The van der Waals surface area contributed by atoms with Crippen LogP contribution in [0.15, 0.2) is 24.3 Å². The summed E-state index contributed by atoms with van der Waals surface area (Å²) >= 11 is 6.29. The van der Waals surface area contributed by atoms with E-state index >= 15 is 0 Å². The Hall–Kier alpha value is -1.92. The fraction of sp³-hybridized carbons (Fsp3) is 0.526. The fourth-order valence-electron chi connectivity index (χ4n) is 3.14. The van der Waals surface area contributed by atoms with Gasteiger partial charge in [-0.25, -0.2) is 0 Å². The van der Waals surface area contributed by atoms with Crippen LogP contribution in [0.5, 0.6) is 0 Å². The molecule has 3 rings (SSSR count). The summed E-state index contributed by atoms with van der Waals surface area (Å²) in [4.78, 5) is 14.1. The van der Waals surface area contributed by atoms with Crippen LogP contribution < -0.4 is 5.32 Å². The highest BCUT2D eigenvalue weighted by Crippen LogP contribution is 2.18. The number of aromatic nitrogens is 3. The van der Waals surface area contributed by atoms with Gasteiger partial charge in [-0.3, -0.25) is 9.69 Å². The third-order valence-corrected chi connectivity index (χ3v) is 5.09. The topological polar surface area (TPSA) is 63.1 Å².